The number of carbonyl (C=O) groups is 2. The first-order chi connectivity index (χ1) is 8.49. The first-order valence-corrected chi connectivity index (χ1v) is 6.84. The average molecular weight is 255 g/mol. The molecule has 2 atom stereocenters. The molecule has 104 valence electrons. The average Bonchev–Trinajstić information content (AvgIpc) is 3.14. The molecule has 1 aliphatic carbocycles. The Balaban J connectivity index is 2.39. The van der Waals surface area contributed by atoms with Crippen molar-refractivity contribution in [2.24, 2.45) is 11.7 Å². The van der Waals surface area contributed by atoms with E-state index in [1.165, 1.54) is 12.8 Å². The molecule has 1 saturated carbocycles. The first kappa shape index (κ1) is 15.0. The predicted octanol–water partition coefficient (Wildman–Crippen LogP) is 0.487. The maximum atomic E-state index is 12.0. The van der Waals surface area contributed by atoms with E-state index in [1.807, 2.05) is 13.8 Å². The topological polar surface area (TPSA) is 75.4 Å². The van der Waals surface area contributed by atoms with Crippen molar-refractivity contribution in [1.29, 1.82) is 0 Å². The molecule has 0 aromatic carbocycles. The van der Waals surface area contributed by atoms with Gasteiger partial charge in [-0.1, -0.05) is 12.8 Å². The largest absolute Gasteiger partial charge is 0.343 e. The number of carbonyl (C=O) groups excluding carboxylic acids is 2. The van der Waals surface area contributed by atoms with Gasteiger partial charge in [0.15, 0.2) is 0 Å². The maximum absolute atomic E-state index is 12.0. The first-order valence-electron chi connectivity index (χ1n) is 6.84. The van der Waals surface area contributed by atoms with Gasteiger partial charge in [0.1, 0.15) is 6.04 Å². The summed E-state index contributed by atoms with van der Waals surface area (Å²) >= 11 is 0. The van der Waals surface area contributed by atoms with E-state index in [0.29, 0.717) is 19.0 Å². The molecule has 1 fully saturated rings. The molecule has 18 heavy (non-hydrogen) atoms. The molecule has 1 rings (SSSR count). The molecule has 5 nitrogen and oxygen atoms in total. The van der Waals surface area contributed by atoms with Crippen LogP contribution in [0.25, 0.3) is 0 Å². The lowest BCUT2D eigenvalue weighted by atomic mass is 10.1. The lowest BCUT2D eigenvalue weighted by Gasteiger charge is -2.24. The van der Waals surface area contributed by atoms with E-state index in [1.54, 1.807) is 11.8 Å². The van der Waals surface area contributed by atoms with Gasteiger partial charge in [-0.25, -0.2) is 0 Å². The Kier molecular flexibility index (Phi) is 5.59. The summed E-state index contributed by atoms with van der Waals surface area (Å²) in [4.78, 5) is 25.5. The van der Waals surface area contributed by atoms with Crippen LogP contribution in [0.1, 0.15) is 40.0 Å². The van der Waals surface area contributed by atoms with Crippen molar-refractivity contribution in [3.05, 3.63) is 0 Å². The summed E-state index contributed by atoms with van der Waals surface area (Å²) in [5, 5.41) is 2.71. The molecule has 0 aromatic heterocycles. The molecule has 0 radical (unpaired) electrons. The van der Waals surface area contributed by atoms with Crippen LogP contribution >= 0.6 is 0 Å². The Morgan fingerprint density at radius 2 is 1.89 bits per heavy atom. The SMILES string of the molecule is CCN(CC)C(=O)C(C)NC(=O)[C@@H](N)CC1CC1. The van der Waals surface area contributed by atoms with Crippen molar-refractivity contribution < 1.29 is 9.59 Å². The smallest absolute Gasteiger partial charge is 0.244 e. The molecule has 3 N–H and O–H groups in total. The van der Waals surface area contributed by atoms with Gasteiger partial charge in [-0.05, 0) is 33.1 Å². The Labute approximate surface area is 109 Å². The second-order valence-corrected chi connectivity index (χ2v) is 5.03. The Morgan fingerprint density at radius 1 is 1.33 bits per heavy atom. The summed E-state index contributed by atoms with van der Waals surface area (Å²) in [6.45, 7) is 6.87. The minimum absolute atomic E-state index is 0.0491. The maximum Gasteiger partial charge on any atom is 0.244 e. The van der Waals surface area contributed by atoms with Crippen molar-refractivity contribution >= 4 is 11.8 Å². The fraction of sp³-hybridized carbons (Fsp3) is 0.846. The lowest BCUT2D eigenvalue weighted by molar-refractivity contribution is -0.136. The molecule has 1 unspecified atom stereocenters. The molecular weight excluding hydrogens is 230 g/mol. The zero-order valence-corrected chi connectivity index (χ0v) is 11.6. The quantitative estimate of drug-likeness (QED) is 0.695. The highest BCUT2D eigenvalue weighted by Gasteiger charge is 2.28. The number of amides is 2. The van der Waals surface area contributed by atoms with Gasteiger partial charge in [0.05, 0.1) is 6.04 Å². The third kappa shape index (κ3) is 4.29. The van der Waals surface area contributed by atoms with Crippen LogP contribution in [0.3, 0.4) is 0 Å². The molecule has 5 heteroatoms. The van der Waals surface area contributed by atoms with Crippen molar-refractivity contribution in [1.82, 2.24) is 10.2 Å². The highest BCUT2D eigenvalue weighted by atomic mass is 16.2. The normalized spacial score (nSPS) is 18.0. The summed E-state index contributed by atoms with van der Waals surface area (Å²) in [5.41, 5.74) is 5.81. The van der Waals surface area contributed by atoms with E-state index in [0.717, 1.165) is 6.42 Å². The summed E-state index contributed by atoms with van der Waals surface area (Å²) < 4.78 is 0. The number of rotatable bonds is 7. The molecule has 2 amide bonds. The minimum Gasteiger partial charge on any atom is -0.343 e. The van der Waals surface area contributed by atoms with Crippen LogP contribution in [-0.4, -0.2) is 41.9 Å². The van der Waals surface area contributed by atoms with Crippen LogP contribution in [0.15, 0.2) is 0 Å². The molecular formula is C13H25N3O2. The van der Waals surface area contributed by atoms with Crippen LogP contribution in [0.5, 0.6) is 0 Å². The zero-order valence-electron chi connectivity index (χ0n) is 11.6. The van der Waals surface area contributed by atoms with Gasteiger partial charge in [-0.2, -0.15) is 0 Å². The van der Waals surface area contributed by atoms with Gasteiger partial charge >= 0.3 is 0 Å². The van der Waals surface area contributed by atoms with Crippen molar-refractivity contribution in [2.45, 2.75) is 52.1 Å². The van der Waals surface area contributed by atoms with Crippen LogP contribution in [0.4, 0.5) is 0 Å². The lowest BCUT2D eigenvalue weighted by Crippen LogP contribution is -2.51. The molecule has 0 heterocycles. The van der Waals surface area contributed by atoms with Crippen LogP contribution in [0.2, 0.25) is 0 Å². The fourth-order valence-electron chi connectivity index (χ4n) is 2.01. The van der Waals surface area contributed by atoms with E-state index >= 15 is 0 Å². The number of likely N-dealkylation sites (N-methyl/N-ethyl adjacent to an activating group) is 1. The highest BCUT2D eigenvalue weighted by molar-refractivity contribution is 5.89. The van der Waals surface area contributed by atoms with E-state index in [2.05, 4.69) is 5.32 Å². The van der Waals surface area contributed by atoms with E-state index < -0.39 is 12.1 Å². The Bertz CT molecular complexity index is 299. The van der Waals surface area contributed by atoms with Gasteiger partial charge in [0.2, 0.25) is 11.8 Å². The fourth-order valence-corrected chi connectivity index (χ4v) is 2.01. The summed E-state index contributed by atoms with van der Waals surface area (Å²) in [5.74, 6) is 0.349. The van der Waals surface area contributed by atoms with Crippen LogP contribution < -0.4 is 11.1 Å². The van der Waals surface area contributed by atoms with Crippen LogP contribution in [-0.2, 0) is 9.59 Å². The van der Waals surface area contributed by atoms with Crippen LogP contribution in [0, 0.1) is 5.92 Å². The second-order valence-electron chi connectivity index (χ2n) is 5.03. The van der Waals surface area contributed by atoms with E-state index in [-0.39, 0.29) is 11.8 Å². The number of nitrogens with one attached hydrogen (secondary N) is 1. The van der Waals surface area contributed by atoms with E-state index in [9.17, 15) is 9.59 Å². The third-order valence-corrected chi connectivity index (χ3v) is 3.43. The van der Waals surface area contributed by atoms with Crippen molar-refractivity contribution in [3.63, 3.8) is 0 Å². The molecule has 0 saturated heterocycles. The number of nitrogens with zero attached hydrogens (tertiary/aromatic N) is 1. The van der Waals surface area contributed by atoms with Gasteiger partial charge in [0, 0.05) is 13.1 Å². The number of hydrogen-bond donors (Lipinski definition) is 2. The van der Waals surface area contributed by atoms with Gasteiger partial charge in [-0.15, -0.1) is 0 Å². The summed E-state index contributed by atoms with van der Waals surface area (Å²) in [7, 11) is 0. The molecule has 0 aliphatic heterocycles. The van der Waals surface area contributed by atoms with Gasteiger partial charge < -0.3 is 16.0 Å². The number of hydrogen-bond acceptors (Lipinski definition) is 3. The monoisotopic (exact) mass is 255 g/mol. The Hall–Kier alpha value is -1.10. The minimum atomic E-state index is -0.498. The molecule has 0 bridgehead atoms. The van der Waals surface area contributed by atoms with Crippen molar-refractivity contribution in [2.75, 3.05) is 13.1 Å². The van der Waals surface area contributed by atoms with Gasteiger partial charge in [-0.3, -0.25) is 9.59 Å². The van der Waals surface area contributed by atoms with Gasteiger partial charge in [0.25, 0.3) is 0 Å². The molecule has 1 aliphatic rings. The zero-order chi connectivity index (χ0) is 13.7. The number of nitrogens with two attached hydrogens (primary N) is 1. The van der Waals surface area contributed by atoms with Crippen molar-refractivity contribution in [3.8, 4) is 0 Å². The Morgan fingerprint density at radius 3 is 2.33 bits per heavy atom. The highest BCUT2D eigenvalue weighted by Crippen LogP contribution is 2.33. The summed E-state index contributed by atoms with van der Waals surface area (Å²) in [6, 6.07) is -0.980. The second kappa shape index (κ2) is 6.73. The standard InChI is InChI=1S/C13H25N3O2/c1-4-16(5-2)13(18)9(3)15-12(17)11(14)8-10-6-7-10/h9-11H,4-8,14H2,1-3H3,(H,15,17)/t9?,11-/m0/s1. The van der Waals surface area contributed by atoms with E-state index in [4.69, 9.17) is 5.73 Å². The predicted molar refractivity (Wildman–Crippen MR) is 70.8 cm³/mol. The summed E-state index contributed by atoms with van der Waals surface area (Å²) in [6.07, 6.45) is 3.09. The third-order valence-electron chi connectivity index (χ3n) is 3.43. The molecule has 0 aromatic rings. The molecule has 0 spiro atoms.